The molecule has 140 valence electrons. The number of aromatic nitrogens is 1. The van der Waals surface area contributed by atoms with E-state index in [1.54, 1.807) is 0 Å². The van der Waals surface area contributed by atoms with Crippen LogP contribution in [0.5, 0.6) is 0 Å². The molecule has 1 N–H and O–H groups in total. The van der Waals surface area contributed by atoms with Gasteiger partial charge in [0, 0.05) is 58.1 Å². The first-order valence-corrected chi connectivity index (χ1v) is 9.02. The van der Waals surface area contributed by atoms with E-state index in [1.165, 1.54) is 12.8 Å². The highest BCUT2D eigenvalue weighted by Gasteiger charge is 2.29. The normalized spacial score (nSPS) is 19.6. The van der Waals surface area contributed by atoms with Crippen molar-refractivity contribution in [2.75, 3.05) is 51.7 Å². The van der Waals surface area contributed by atoms with Gasteiger partial charge < -0.3 is 15.1 Å². The summed E-state index contributed by atoms with van der Waals surface area (Å²) in [6.07, 6.45) is 4.57. The molecule has 1 saturated carbocycles. The smallest absolute Gasteiger partial charge is 0.193 e. The van der Waals surface area contributed by atoms with Crippen molar-refractivity contribution in [3.05, 3.63) is 24.4 Å². The number of halogens is 1. The molecule has 3 rings (SSSR count). The molecule has 1 unspecified atom stereocenters. The second-order valence-electron chi connectivity index (χ2n) is 6.84. The predicted octanol–water partition coefficient (Wildman–Crippen LogP) is 1.88. The first-order chi connectivity index (χ1) is 11.7. The molecule has 1 aliphatic carbocycles. The van der Waals surface area contributed by atoms with Crippen LogP contribution in [0.2, 0.25) is 0 Å². The lowest BCUT2D eigenvalue weighted by Gasteiger charge is -2.37. The van der Waals surface area contributed by atoms with Gasteiger partial charge in [-0.1, -0.05) is 6.07 Å². The number of likely N-dealkylation sites (N-methyl/N-ethyl adjacent to an activating group) is 1. The third-order valence-electron chi connectivity index (χ3n) is 5.14. The average Bonchev–Trinajstić information content (AvgIpc) is 3.48. The molecule has 1 aromatic rings. The fourth-order valence-corrected chi connectivity index (χ4v) is 3.25. The Balaban J connectivity index is 0.00000225. The van der Waals surface area contributed by atoms with Crippen molar-refractivity contribution in [3.8, 4) is 0 Å². The van der Waals surface area contributed by atoms with E-state index in [-0.39, 0.29) is 24.0 Å². The number of anilines is 1. The van der Waals surface area contributed by atoms with Crippen molar-refractivity contribution >= 4 is 35.8 Å². The van der Waals surface area contributed by atoms with Crippen molar-refractivity contribution in [2.45, 2.75) is 31.8 Å². The highest BCUT2D eigenvalue weighted by atomic mass is 127. The fraction of sp³-hybridized carbons (Fsp3) is 0.667. The van der Waals surface area contributed by atoms with Gasteiger partial charge in [0.2, 0.25) is 0 Å². The number of piperazine rings is 1. The first kappa shape index (κ1) is 20.2. The molecule has 1 aliphatic heterocycles. The molecule has 0 amide bonds. The summed E-state index contributed by atoms with van der Waals surface area (Å²) >= 11 is 0. The number of hydrogen-bond donors (Lipinski definition) is 1. The van der Waals surface area contributed by atoms with E-state index in [0.29, 0.717) is 6.04 Å². The maximum absolute atomic E-state index is 4.48. The Morgan fingerprint density at radius 1 is 1.32 bits per heavy atom. The SMILES string of the molecule is CN=C(NCC(C)N(C)C1CC1)N1CCN(c2ccccn2)CC1.I. The van der Waals surface area contributed by atoms with Gasteiger partial charge in [-0.15, -0.1) is 24.0 Å². The Morgan fingerprint density at radius 3 is 2.60 bits per heavy atom. The van der Waals surface area contributed by atoms with Gasteiger partial charge in [0.15, 0.2) is 5.96 Å². The largest absolute Gasteiger partial charge is 0.355 e. The molecule has 2 fully saturated rings. The number of nitrogens with one attached hydrogen (secondary N) is 1. The van der Waals surface area contributed by atoms with Gasteiger partial charge in [0.25, 0.3) is 0 Å². The zero-order chi connectivity index (χ0) is 16.9. The highest BCUT2D eigenvalue weighted by molar-refractivity contribution is 14.0. The minimum absolute atomic E-state index is 0. The molecule has 0 radical (unpaired) electrons. The topological polar surface area (TPSA) is 47.0 Å². The van der Waals surface area contributed by atoms with Crippen LogP contribution >= 0.6 is 24.0 Å². The molecule has 0 aromatic carbocycles. The van der Waals surface area contributed by atoms with Crippen molar-refractivity contribution in [1.82, 2.24) is 20.1 Å². The summed E-state index contributed by atoms with van der Waals surface area (Å²) in [4.78, 5) is 16.1. The second kappa shape index (κ2) is 9.56. The molecule has 1 aromatic heterocycles. The summed E-state index contributed by atoms with van der Waals surface area (Å²) in [6.45, 7) is 7.15. The molecular formula is C18H31IN6. The Hall–Kier alpha value is -1.09. The lowest BCUT2D eigenvalue weighted by Crippen LogP contribution is -2.54. The van der Waals surface area contributed by atoms with Gasteiger partial charge in [0.1, 0.15) is 5.82 Å². The molecule has 2 aliphatic rings. The number of hydrogen-bond acceptors (Lipinski definition) is 4. The molecule has 1 saturated heterocycles. The molecule has 0 spiro atoms. The zero-order valence-corrected chi connectivity index (χ0v) is 17.9. The number of guanidine groups is 1. The first-order valence-electron chi connectivity index (χ1n) is 9.02. The van der Waals surface area contributed by atoms with Crippen molar-refractivity contribution in [3.63, 3.8) is 0 Å². The van der Waals surface area contributed by atoms with E-state index in [4.69, 9.17) is 0 Å². The third kappa shape index (κ3) is 5.44. The van der Waals surface area contributed by atoms with Gasteiger partial charge in [-0.3, -0.25) is 9.89 Å². The maximum Gasteiger partial charge on any atom is 0.193 e. The van der Waals surface area contributed by atoms with Crippen molar-refractivity contribution < 1.29 is 0 Å². The average molecular weight is 458 g/mol. The van der Waals surface area contributed by atoms with Gasteiger partial charge in [-0.2, -0.15) is 0 Å². The van der Waals surface area contributed by atoms with Crippen LogP contribution in [-0.4, -0.2) is 79.6 Å². The van der Waals surface area contributed by atoms with Crippen LogP contribution in [0, 0.1) is 0 Å². The number of nitrogens with zero attached hydrogens (tertiary/aromatic N) is 5. The molecule has 1 atom stereocenters. The summed E-state index contributed by atoms with van der Waals surface area (Å²) in [5.74, 6) is 2.09. The fourth-order valence-electron chi connectivity index (χ4n) is 3.25. The predicted molar refractivity (Wildman–Crippen MR) is 115 cm³/mol. The number of aliphatic imine (C=N–C) groups is 1. The number of pyridine rings is 1. The van der Waals surface area contributed by atoms with Gasteiger partial charge in [-0.25, -0.2) is 4.98 Å². The quantitative estimate of drug-likeness (QED) is 0.415. The molecule has 2 heterocycles. The number of rotatable bonds is 5. The maximum atomic E-state index is 4.48. The van der Waals surface area contributed by atoms with Crippen LogP contribution in [0.3, 0.4) is 0 Å². The summed E-state index contributed by atoms with van der Waals surface area (Å²) < 4.78 is 0. The summed E-state index contributed by atoms with van der Waals surface area (Å²) in [6, 6.07) is 7.42. The minimum Gasteiger partial charge on any atom is -0.355 e. The third-order valence-corrected chi connectivity index (χ3v) is 5.14. The van der Waals surface area contributed by atoms with Gasteiger partial charge >= 0.3 is 0 Å². The van der Waals surface area contributed by atoms with Crippen LogP contribution in [0.4, 0.5) is 5.82 Å². The van der Waals surface area contributed by atoms with Crippen LogP contribution in [0.15, 0.2) is 29.4 Å². The van der Waals surface area contributed by atoms with E-state index < -0.39 is 0 Å². The van der Waals surface area contributed by atoms with E-state index in [9.17, 15) is 0 Å². The van der Waals surface area contributed by atoms with Crippen LogP contribution in [-0.2, 0) is 0 Å². The van der Waals surface area contributed by atoms with E-state index >= 15 is 0 Å². The molecular weight excluding hydrogens is 427 g/mol. The lowest BCUT2D eigenvalue weighted by molar-refractivity contribution is 0.245. The molecule has 25 heavy (non-hydrogen) atoms. The summed E-state index contributed by atoms with van der Waals surface area (Å²) in [5, 5.41) is 3.56. The van der Waals surface area contributed by atoms with E-state index in [0.717, 1.165) is 50.5 Å². The zero-order valence-electron chi connectivity index (χ0n) is 15.6. The van der Waals surface area contributed by atoms with E-state index in [2.05, 4.69) is 50.0 Å². The molecule has 7 heteroatoms. The van der Waals surface area contributed by atoms with Crippen molar-refractivity contribution in [2.24, 2.45) is 4.99 Å². The monoisotopic (exact) mass is 458 g/mol. The van der Waals surface area contributed by atoms with Crippen LogP contribution < -0.4 is 10.2 Å². The highest BCUT2D eigenvalue weighted by Crippen LogP contribution is 2.26. The van der Waals surface area contributed by atoms with Crippen LogP contribution in [0.1, 0.15) is 19.8 Å². The van der Waals surface area contributed by atoms with E-state index in [1.807, 2.05) is 25.4 Å². The van der Waals surface area contributed by atoms with Gasteiger partial charge in [0.05, 0.1) is 0 Å². The summed E-state index contributed by atoms with van der Waals surface area (Å²) in [7, 11) is 4.11. The Bertz CT molecular complexity index is 540. The molecule has 0 bridgehead atoms. The van der Waals surface area contributed by atoms with Crippen LogP contribution in [0.25, 0.3) is 0 Å². The molecule has 6 nitrogen and oxygen atoms in total. The Morgan fingerprint density at radius 2 is 2.04 bits per heavy atom. The Kier molecular flexibility index (Phi) is 7.74. The lowest BCUT2D eigenvalue weighted by atomic mass is 10.3. The Labute approximate surface area is 168 Å². The standard InChI is InChI=1S/C18H30N6.HI/c1-15(22(3)16-7-8-16)14-21-18(19-2)24-12-10-23(11-13-24)17-6-4-5-9-20-17;/h4-6,9,15-16H,7-8,10-14H2,1-3H3,(H,19,21);1H. The summed E-state index contributed by atoms with van der Waals surface area (Å²) in [5.41, 5.74) is 0. The minimum atomic E-state index is 0. The van der Waals surface area contributed by atoms with Crippen molar-refractivity contribution in [1.29, 1.82) is 0 Å². The van der Waals surface area contributed by atoms with Gasteiger partial charge in [-0.05, 0) is 38.9 Å². The second-order valence-corrected chi connectivity index (χ2v) is 6.84.